The van der Waals surface area contributed by atoms with Crippen molar-refractivity contribution in [2.45, 2.75) is 13.2 Å². The summed E-state index contributed by atoms with van der Waals surface area (Å²) in [4.78, 5) is 14.2. The molecule has 0 bridgehead atoms. The third kappa shape index (κ3) is 4.12. The lowest BCUT2D eigenvalue weighted by molar-refractivity contribution is 0.284. The minimum absolute atomic E-state index is 0.0577. The van der Waals surface area contributed by atoms with Crippen LogP contribution in [0.1, 0.15) is 11.1 Å². The largest absolute Gasteiger partial charge is 0.493 e. The predicted molar refractivity (Wildman–Crippen MR) is 108 cm³/mol. The van der Waals surface area contributed by atoms with Crippen molar-refractivity contribution in [2.24, 2.45) is 0 Å². The average molecular weight is 384 g/mol. The maximum absolute atomic E-state index is 11.6. The zero-order valence-electron chi connectivity index (χ0n) is 14.8. The van der Waals surface area contributed by atoms with E-state index in [1.54, 1.807) is 11.7 Å². The molecule has 27 heavy (non-hydrogen) atoms. The number of hydrogen-bond acceptors (Lipinski definition) is 6. The minimum atomic E-state index is -0.490. The smallest absolute Gasteiger partial charge is 0.277 e. The maximum atomic E-state index is 11.6. The van der Waals surface area contributed by atoms with Crippen molar-refractivity contribution in [3.8, 4) is 11.5 Å². The first-order chi connectivity index (χ1) is 13.0. The van der Waals surface area contributed by atoms with Gasteiger partial charge in [-0.3, -0.25) is 14.3 Å². The Morgan fingerprint density at radius 2 is 1.81 bits per heavy atom. The molecule has 0 unspecified atom stereocenters. The number of hydrogen-bond donors (Lipinski definition) is 3. The number of nitrogen functional groups attached to an aromatic ring is 2. The van der Waals surface area contributed by atoms with Gasteiger partial charge < -0.3 is 20.9 Å². The Morgan fingerprint density at radius 3 is 2.52 bits per heavy atom. The van der Waals surface area contributed by atoms with Crippen LogP contribution in [0.15, 0.2) is 53.3 Å². The number of rotatable bonds is 6. The summed E-state index contributed by atoms with van der Waals surface area (Å²) in [6, 6.07) is 15.4. The lowest BCUT2D eigenvalue weighted by Crippen LogP contribution is -2.21. The number of nitrogens with zero attached hydrogens (tertiary/aromatic N) is 1. The summed E-state index contributed by atoms with van der Waals surface area (Å²) in [6.07, 6.45) is 0. The van der Waals surface area contributed by atoms with E-state index in [1.165, 1.54) is 0 Å². The molecule has 0 saturated heterocycles. The van der Waals surface area contributed by atoms with E-state index in [9.17, 15) is 4.79 Å². The van der Waals surface area contributed by atoms with E-state index in [0.717, 1.165) is 11.1 Å². The van der Waals surface area contributed by atoms with Gasteiger partial charge in [0.15, 0.2) is 16.3 Å². The molecule has 0 radical (unpaired) electrons. The van der Waals surface area contributed by atoms with Crippen LogP contribution in [-0.2, 0) is 13.2 Å². The summed E-state index contributed by atoms with van der Waals surface area (Å²) in [5.74, 6) is 1.35. The van der Waals surface area contributed by atoms with Crippen LogP contribution in [0.2, 0.25) is 0 Å². The van der Waals surface area contributed by atoms with Crippen LogP contribution in [0.3, 0.4) is 0 Å². The van der Waals surface area contributed by atoms with Gasteiger partial charge in [0.2, 0.25) is 0 Å². The number of aromatic amines is 1. The molecule has 0 amide bonds. The quantitative estimate of drug-likeness (QED) is 0.564. The third-order valence-corrected chi connectivity index (χ3v) is 4.41. The molecule has 7 nitrogen and oxygen atoms in total. The van der Waals surface area contributed by atoms with Crippen LogP contribution in [0, 0.1) is 4.77 Å². The zero-order chi connectivity index (χ0) is 19.4. The summed E-state index contributed by atoms with van der Waals surface area (Å²) < 4.78 is 13.1. The Hall–Kier alpha value is -3.26. The molecule has 0 saturated carbocycles. The SMILES string of the molecule is COc1ccc(Cn2c(N)c(N)c(=O)[nH]c2=S)cc1OCc1ccccc1. The van der Waals surface area contributed by atoms with E-state index < -0.39 is 5.56 Å². The van der Waals surface area contributed by atoms with E-state index in [0.29, 0.717) is 24.7 Å². The van der Waals surface area contributed by atoms with Gasteiger partial charge in [0, 0.05) is 0 Å². The monoisotopic (exact) mass is 384 g/mol. The van der Waals surface area contributed by atoms with Crippen molar-refractivity contribution >= 4 is 23.7 Å². The topological polar surface area (TPSA) is 108 Å². The second-order valence-electron chi connectivity index (χ2n) is 5.90. The van der Waals surface area contributed by atoms with Crippen molar-refractivity contribution in [2.75, 3.05) is 18.6 Å². The van der Waals surface area contributed by atoms with E-state index >= 15 is 0 Å². The van der Waals surface area contributed by atoms with Gasteiger partial charge in [-0.25, -0.2) is 0 Å². The van der Waals surface area contributed by atoms with E-state index in [1.807, 2.05) is 48.5 Å². The molecule has 1 aromatic heterocycles. The van der Waals surface area contributed by atoms with Gasteiger partial charge in [0.1, 0.15) is 18.1 Å². The van der Waals surface area contributed by atoms with Crippen molar-refractivity contribution < 1.29 is 9.47 Å². The van der Waals surface area contributed by atoms with Gasteiger partial charge in [0.25, 0.3) is 5.56 Å². The molecular formula is C19H20N4O3S. The van der Waals surface area contributed by atoms with Gasteiger partial charge in [-0.05, 0) is 35.5 Å². The van der Waals surface area contributed by atoms with Crippen LogP contribution in [0.4, 0.5) is 11.5 Å². The second kappa shape index (κ2) is 7.96. The summed E-state index contributed by atoms with van der Waals surface area (Å²) in [5.41, 5.74) is 13.0. The molecule has 5 N–H and O–H groups in total. The Bertz CT molecular complexity index is 1060. The van der Waals surface area contributed by atoms with E-state index in [2.05, 4.69) is 4.98 Å². The first kappa shape index (κ1) is 18.5. The molecule has 2 aromatic carbocycles. The number of aromatic nitrogens is 2. The number of nitrogens with one attached hydrogen (secondary N) is 1. The summed E-state index contributed by atoms with van der Waals surface area (Å²) >= 11 is 5.20. The molecule has 0 fully saturated rings. The average Bonchev–Trinajstić information content (AvgIpc) is 2.69. The molecule has 3 aromatic rings. The van der Waals surface area contributed by atoms with Gasteiger partial charge in [0.05, 0.1) is 13.7 Å². The van der Waals surface area contributed by atoms with E-state index in [4.69, 9.17) is 33.2 Å². The highest BCUT2D eigenvalue weighted by molar-refractivity contribution is 7.71. The van der Waals surface area contributed by atoms with Gasteiger partial charge >= 0.3 is 0 Å². The van der Waals surface area contributed by atoms with Gasteiger partial charge in [-0.2, -0.15) is 0 Å². The molecule has 0 spiro atoms. The summed E-state index contributed by atoms with van der Waals surface area (Å²) in [7, 11) is 1.58. The molecular weight excluding hydrogens is 364 g/mol. The minimum Gasteiger partial charge on any atom is -0.493 e. The van der Waals surface area contributed by atoms with Crippen molar-refractivity contribution in [3.05, 3.63) is 74.8 Å². The number of benzene rings is 2. The Labute approximate surface area is 161 Å². The molecule has 0 atom stereocenters. The lowest BCUT2D eigenvalue weighted by atomic mass is 10.2. The molecule has 3 rings (SSSR count). The fourth-order valence-corrected chi connectivity index (χ4v) is 2.87. The fraction of sp³-hybridized carbons (Fsp3) is 0.158. The van der Waals surface area contributed by atoms with Crippen LogP contribution in [0.25, 0.3) is 0 Å². The Balaban J connectivity index is 1.88. The Kier molecular flexibility index (Phi) is 5.46. The number of anilines is 2. The number of nitrogens with two attached hydrogens (primary N) is 2. The molecule has 0 aliphatic heterocycles. The third-order valence-electron chi connectivity index (χ3n) is 4.08. The van der Waals surface area contributed by atoms with Crippen molar-refractivity contribution in [1.82, 2.24) is 9.55 Å². The van der Waals surface area contributed by atoms with Crippen molar-refractivity contribution in [3.63, 3.8) is 0 Å². The van der Waals surface area contributed by atoms with Crippen LogP contribution in [-0.4, -0.2) is 16.7 Å². The fourth-order valence-electron chi connectivity index (χ4n) is 2.61. The highest BCUT2D eigenvalue weighted by Gasteiger charge is 2.11. The highest BCUT2D eigenvalue weighted by Crippen LogP contribution is 2.29. The van der Waals surface area contributed by atoms with Gasteiger partial charge in [-0.1, -0.05) is 36.4 Å². The maximum Gasteiger partial charge on any atom is 0.277 e. The highest BCUT2D eigenvalue weighted by atomic mass is 32.1. The summed E-state index contributed by atoms with van der Waals surface area (Å²) in [5, 5.41) is 0. The first-order valence-electron chi connectivity index (χ1n) is 8.21. The van der Waals surface area contributed by atoms with Gasteiger partial charge in [-0.15, -0.1) is 0 Å². The first-order valence-corrected chi connectivity index (χ1v) is 8.62. The number of ether oxygens (including phenoxy) is 2. The summed E-state index contributed by atoms with van der Waals surface area (Å²) in [6.45, 7) is 0.741. The lowest BCUT2D eigenvalue weighted by Gasteiger charge is -2.15. The standard InChI is InChI=1S/C19H20N4O3S/c1-25-14-8-7-13(9-15(14)26-11-12-5-3-2-4-6-12)10-23-17(21)16(20)18(24)22-19(23)27/h2-9H,10-11,20-21H2,1H3,(H,22,24,27). The molecule has 0 aliphatic carbocycles. The second-order valence-corrected chi connectivity index (χ2v) is 6.29. The zero-order valence-corrected chi connectivity index (χ0v) is 15.6. The normalized spacial score (nSPS) is 10.6. The van der Waals surface area contributed by atoms with Crippen molar-refractivity contribution in [1.29, 1.82) is 0 Å². The van der Waals surface area contributed by atoms with Crippen LogP contribution >= 0.6 is 12.2 Å². The van der Waals surface area contributed by atoms with Crippen LogP contribution < -0.4 is 26.5 Å². The number of methoxy groups -OCH3 is 1. The van der Waals surface area contributed by atoms with Crippen LogP contribution in [0.5, 0.6) is 11.5 Å². The molecule has 8 heteroatoms. The van der Waals surface area contributed by atoms with E-state index in [-0.39, 0.29) is 16.3 Å². The molecule has 140 valence electrons. The number of H-pyrrole nitrogens is 1. The predicted octanol–water partition coefficient (Wildman–Crippen LogP) is 2.71. The molecule has 0 aliphatic rings. The Morgan fingerprint density at radius 1 is 1.07 bits per heavy atom. The molecule has 1 heterocycles.